The monoisotopic (exact) mass is 474 g/mol. The van der Waals surface area contributed by atoms with E-state index in [1.54, 1.807) is 29.2 Å². The van der Waals surface area contributed by atoms with Gasteiger partial charge in [-0.15, -0.1) is 0 Å². The molecule has 0 aliphatic carbocycles. The molecule has 2 heterocycles. The zero-order valence-corrected chi connectivity index (χ0v) is 19.2. The molecule has 4 rings (SSSR count). The summed E-state index contributed by atoms with van der Waals surface area (Å²) in [4.78, 5) is 27.1. The van der Waals surface area contributed by atoms with Gasteiger partial charge in [-0.25, -0.2) is 8.78 Å². The van der Waals surface area contributed by atoms with Crippen molar-refractivity contribution in [2.75, 3.05) is 13.1 Å². The minimum Gasteiger partial charge on any atom is -0.383 e. The lowest BCUT2D eigenvalue weighted by molar-refractivity contribution is -0.146. The maximum absolute atomic E-state index is 12.8. The Morgan fingerprint density at radius 3 is 1.76 bits per heavy atom. The average Bonchev–Trinajstić information content (AvgIpc) is 2.82. The lowest BCUT2D eigenvalue weighted by atomic mass is 10.0. The molecule has 3 atom stereocenters. The van der Waals surface area contributed by atoms with Crippen LogP contribution in [0.15, 0.2) is 48.5 Å². The highest BCUT2D eigenvalue weighted by atomic mass is 19.1. The van der Waals surface area contributed by atoms with Gasteiger partial charge in [0.25, 0.3) is 5.91 Å². The van der Waals surface area contributed by atoms with Crippen LogP contribution in [0.2, 0.25) is 0 Å². The predicted molar refractivity (Wildman–Crippen MR) is 129 cm³/mol. The van der Waals surface area contributed by atoms with Crippen LogP contribution in [0.1, 0.15) is 76.6 Å². The fourth-order valence-electron chi connectivity index (χ4n) is 4.34. The summed E-state index contributed by atoms with van der Waals surface area (Å²) in [6, 6.07) is 12.4. The molecular formula is C27H36F2N2O3. The molecule has 34 heavy (non-hydrogen) atoms. The Kier molecular flexibility index (Phi) is 10.2. The number of rotatable bonds is 4. The van der Waals surface area contributed by atoms with Gasteiger partial charge in [0.2, 0.25) is 5.91 Å². The number of piperidine rings is 2. The van der Waals surface area contributed by atoms with Crippen LogP contribution in [0.5, 0.6) is 0 Å². The van der Waals surface area contributed by atoms with E-state index in [-0.39, 0.29) is 43.0 Å². The van der Waals surface area contributed by atoms with Crippen LogP contribution in [-0.4, -0.2) is 45.9 Å². The van der Waals surface area contributed by atoms with Crippen molar-refractivity contribution < 1.29 is 23.5 Å². The number of benzene rings is 2. The topological polar surface area (TPSA) is 60.9 Å². The molecule has 0 radical (unpaired) electrons. The summed E-state index contributed by atoms with van der Waals surface area (Å²) >= 11 is 0. The van der Waals surface area contributed by atoms with Crippen LogP contribution in [0.25, 0.3) is 0 Å². The summed E-state index contributed by atoms with van der Waals surface area (Å²) in [6.07, 6.45) is 3.16. The minimum atomic E-state index is -0.883. The molecule has 2 aliphatic rings. The van der Waals surface area contributed by atoms with Crippen molar-refractivity contribution in [2.45, 2.75) is 71.6 Å². The average molecular weight is 475 g/mol. The van der Waals surface area contributed by atoms with Gasteiger partial charge < -0.3 is 14.9 Å². The summed E-state index contributed by atoms with van der Waals surface area (Å²) in [5.41, 5.74) is 1.88. The van der Waals surface area contributed by atoms with Crippen molar-refractivity contribution in [1.82, 2.24) is 9.80 Å². The van der Waals surface area contributed by atoms with Gasteiger partial charge in [0.05, 0.1) is 12.1 Å². The van der Waals surface area contributed by atoms with E-state index in [4.69, 9.17) is 0 Å². The molecule has 2 aromatic carbocycles. The van der Waals surface area contributed by atoms with Gasteiger partial charge in [-0.1, -0.05) is 31.7 Å². The molecule has 1 N–H and O–H groups in total. The first-order valence-electron chi connectivity index (χ1n) is 11.6. The molecule has 2 aliphatic heterocycles. The number of likely N-dealkylation sites (tertiary alicyclic amines) is 2. The first-order valence-corrected chi connectivity index (χ1v) is 11.6. The minimum absolute atomic E-state index is 0. The first kappa shape index (κ1) is 27.4. The second kappa shape index (κ2) is 12.6. The Hall–Kier alpha value is -2.80. The van der Waals surface area contributed by atoms with Gasteiger partial charge in [-0.2, -0.15) is 0 Å². The van der Waals surface area contributed by atoms with Crippen molar-refractivity contribution in [2.24, 2.45) is 0 Å². The normalized spacial score (nSPS) is 20.1. The molecule has 0 bridgehead atoms. The highest BCUT2D eigenvalue weighted by Crippen LogP contribution is 2.26. The summed E-state index contributed by atoms with van der Waals surface area (Å²) < 4.78 is 25.6. The molecule has 2 saturated heterocycles. The molecular weight excluding hydrogens is 438 g/mol. The van der Waals surface area contributed by atoms with E-state index in [1.165, 1.54) is 24.3 Å². The predicted octanol–water partition coefficient (Wildman–Crippen LogP) is 5.41. The van der Waals surface area contributed by atoms with E-state index in [1.807, 2.05) is 18.7 Å². The number of hydrogen-bond donors (Lipinski definition) is 1. The Balaban J connectivity index is 0.000000234. The second-order valence-corrected chi connectivity index (χ2v) is 8.69. The molecule has 5 nitrogen and oxygen atoms in total. The molecule has 0 saturated carbocycles. The Morgan fingerprint density at radius 2 is 1.26 bits per heavy atom. The Labute approximate surface area is 201 Å². The third kappa shape index (κ3) is 6.86. The largest absolute Gasteiger partial charge is 0.383 e. The molecule has 7 heteroatoms. The second-order valence-electron chi connectivity index (χ2n) is 8.69. The number of carbonyl (C=O) groups is 2. The number of aliphatic hydroxyl groups is 1. The van der Waals surface area contributed by atoms with Crippen molar-refractivity contribution in [3.63, 3.8) is 0 Å². The van der Waals surface area contributed by atoms with Crippen molar-refractivity contribution >= 4 is 11.8 Å². The number of carbonyl (C=O) groups excluding carboxylic acids is 2. The molecule has 186 valence electrons. The third-order valence-electron chi connectivity index (χ3n) is 6.44. The van der Waals surface area contributed by atoms with Crippen molar-refractivity contribution in [3.8, 4) is 0 Å². The zero-order chi connectivity index (χ0) is 24.0. The van der Waals surface area contributed by atoms with Crippen LogP contribution in [0.3, 0.4) is 0 Å². The fourth-order valence-corrected chi connectivity index (χ4v) is 4.34. The number of nitrogens with zero attached hydrogens (tertiary/aromatic N) is 2. The maximum atomic E-state index is 12.8. The van der Waals surface area contributed by atoms with Gasteiger partial charge in [-0.05, 0) is 74.9 Å². The molecule has 0 spiro atoms. The van der Waals surface area contributed by atoms with Crippen LogP contribution in [0.4, 0.5) is 8.78 Å². The standard InChI is InChI=1S/C13H16FNO2.C13H16FNO.CH4/c1-9(10-4-6-11(14)7-5-10)15-8-2-3-12(16)13(15)17;1-10(11-5-7-12(14)8-6-11)15-9-3-2-4-13(15)16;/h4-7,9,12,16H,2-3,8H2,1H3;5-8,10H,2-4,9H2,1H3;1H4. The molecule has 3 unspecified atom stereocenters. The van der Waals surface area contributed by atoms with Crippen molar-refractivity contribution in [3.05, 3.63) is 71.3 Å². The molecule has 2 amide bonds. The fraction of sp³-hybridized carbons (Fsp3) is 0.481. The molecule has 2 aromatic rings. The summed E-state index contributed by atoms with van der Waals surface area (Å²) in [5.74, 6) is -0.539. The van der Waals surface area contributed by atoms with Gasteiger partial charge in [-0.3, -0.25) is 9.59 Å². The van der Waals surface area contributed by atoms with E-state index in [9.17, 15) is 23.5 Å². The Morgan fingerprint density at radius 1 is 0.794 bits per heavy atom. The number of amides is 2. The van der Waals surface area contributed by atoms with E-state index in [2.05, 4.69) is 0 Å². The van der Waals surface area contributed by atoms with Gasteiger partial charge in [0, 0.05) is 19.5 Å². The number of aliphatic hydroxyl groups excluding tert-OH is 1. The zero-order valence-electron chi connectivity index (χ0n) is 19.2. The number of hydrogen-bond acceptors (Lipinski definition) is 3. The lowest BCUT2D eigenvalue weighted by Crippen LogP contribution is -2.45. The van der Waals surface area contributed by atoms with Gasteiger partial charge in [0.1, 0.15) is 17.7 Å². The molecule has 0 aromatic heterocycles. The van der Waals surface area contributed by atoms with Gasteiger partial charge >= 0.3 is 0 Å². The SMILES string of the molecule is C.CC(c1ccc(F)cc1)N1CCCC(O)C1=O.CC(c1ccc(F)cc1)N1CCCCC1=O. The third-order valence-corrected chi connectivity index (χ3v) is 6.44. The van der Waals surface area contributed by atoms with Gasteiger partial charge in [0.15, 0.2) is 0 Å². The smallest absolute Gasteiger partial charge is 0.251 e. The summed E-state index contributed by atoms with van der Waals surface area (Å²) in [6.45, 7) is 5.35. The van der Waals surface area contributed by atoms with E-state index < -0.39 is 6.10 Å². The summed E-state index contributed by atoms with van der Waals surface area (Å²) in [7, 11) is 0. The van der Waals surface area contributed by atoms with Crippen LogP contribution in [-0.2, 0) is 9.59 Å². The lowest BCUT2D eigenvalue weighted by Gasteiger charge is -2.35. The van der Waals surface area contributed by atoms with Crippen LogP contribution in [0, 0.1) is 11.6 Å². The van der Waals surface area contributed by atoms with Crippen LogP contribution < -0.4 is 0 Å². The Bertz CT molecular complexity index is 934. The quantitative estimate of drug-likeness (QED) is 0.645. The van der Waals surface area contributed by atoms with Crippen molar-refractivity contribution in [1.29, 1.82) is 0 Å². The van der Waals surface area contributed by atoms with Crippen LogP contribution >= 0.6 is 0 Å². The highest BCUT2D eigenvalue weighted by molar-refractivity contribution is 5.81. The molecule has 2 fully saturated rings. The first-order chi connectivity index (χ1) is 15.8. The van der Waals surface area contributed by atoms with E-state index in [0.29, 0.717) is 19.4 Å². The maximum Gasteiger partial charge on any atom is 0.251 e. The van der Waals surface area contributed by atoms with E-state index in [0.717, 1.165) is 36.9 Å². The number of halogens is 2. The summed E-state index contributed by atoms with van der Waals surface area (Å²) in [5, 5.41) is 9.54. The van der Waals surface area contributed by atoms with E-state index >= 15 is 0 Å². The highest BCUT2D eigenvalue weighted by Gasteiger charge is 2.30.